The summed E-state index contributed by atoms with van der Waals surface area (Å²) in [4.78, 5) is 15.5. The minimum atomic E-state index is -0.439. The fourth-order valence-electron chi connectivity index (χ4n) is 1.35. The molecule has 1 N–H and O–H groups in total. The van der Waals surface area contributed by atoms with Gasteiger partial charge in [-0.3, -0.25) is 10.1 Å². The monoisotopic (exact) mass is 217 g/mol. The molecule has 0 fully saturated rings. The number of aryl methyl sites for hydroxylation is 1. The molecule has 2 aromatic rings. The Balaban J connectivity index is 2.35. The fourth-order valence-corrected chi connectivity index (χ4v) is 1.35. The second-order valence-corrected chi connectivity index (χ2v) is 3.32. The molecule has 0 amide bonds. The van der Waals surface area contributed by atoms with Crippen molar-refractivity contribution in [2.45, 2.75) is 6.92 Å². The number of rotatable bonds is 2. The Labute approximate surface area is 92.5 Å². The summed E-state index contributed by atoms with van der Waals surface area (Å²) in [5.74, 6) is -0.439. The van der Waals surface area contributed by atoms with Crippen LogP contribution in [0, 0.1) is 6.92 Å². The van der Waals surface area contributed by atoms with Crippen LogP contribution >= 0.6 is 0 Å². The first kappa shape index (κ1) is 10.4. The van der Waals surface area contributed by atoms with Crippen molar-refractivity contribution in [3.05, 3.63) is 35.7 Å². The maximum absolute atomic E-state index is 11.2. The van der Waals surface area contributed by atoms with Crippen LogP contribution in [-0.2, 0) is 4.74 Å². The average Bonchev–Trinajstić information content (AvgIpc) is 2.77. The first-order valence-electron chi connectivity index (χ1n) is 4.78. The van der Waals surface area contributed by atoms with E-state index in [4.69, 9.17) is 0 Å². The Kier molecular flexibility index (Phi) is 2.68. The molecule has 0 aliphatic heterocycles. The molecular formula is C11H11N3O2. The molecule has 82 valence electrons. The minimum absolute atomic E-state index is 0.320. The van der Waals surface area contributed by atoms with E-state index in [1.165, 1.54) is 7.11 Å². The van der Waals surface area contributed by atoms with Gasteiger partial charge in [0.15, 0.2) is 0 Å². The van der Waals surface area contributed by atoms with E-state index in [-0.39, 0.29) is 0 Å². The van der Waals surface area contributed by atoms with E-state index in [0.29, 0.717) is 11.4 Å². The topological polar surface area (TPSA) is 67.9 Å². The molecule has 5 nitrogen and oxygen atoms in total. The number of methoxy groups -OCH3 is 1. The molecule has 2 rings (SSSR count). The van der Waals surface area contributed by atoms with Gasteiger partial charge < -0.3 is 4.74 Å². The average molecular weight is 217 g/mol. The lowest BCUT2D eigenvalue weighted by Crippen LogP contribution is -2.00. The molecule has 0 aromatic carbocycles. The number of esters is 1. The number of carbonyl (C=O) groups is 1. The molecule has 0 radical (unpaired) electrons. The van der Waals surface area contributed by atoms with Gasteiger partial charge in [-0.2, -0.15) is 5.10 Å². The number of nitrogens with one attached hydrogen (secondary N) is 1. The van der Waals surface area contributed by atoms with Crippen LogP contribution in [0.3, 0.4) is 0 Å². The van der Waals surface area contributed by atoms with Gasteiger partial charge in [-0.05, 0) is 19.1 Å². The zero-order chi connectivity index (χ0) is 11.5. The molecule has 0 aliphatic carbocycles. The van der Waals surface area contributed by atoms with Gasteiger partial charge in [0.05, 0.1) is 12.8 Å². The molecule has 5 heteroatoms. The van der Waals surface area contributed by atoms with Crippen molar-refractivity contribution < 1.29 is 9.53 Å². The highest BCUT2D eigenvalue weighted by Crippen LogP contribution is 2.15. The van der Waals surface area contributed by atoms with E-state index in [1.807, 2.05) is 25.1 Å². The number of pyridine rings is 1. The van der Waals surface area contributed by atoms with E-state index in [0.717, 1.165) is 11.4 Å². The smallest absolute Gasteiger partial charge is 0.356 e. The molecular weight excluding hydrogens is 206 g/mol. The number of ether oxygens (including phenoxy) is 1. The van der Waals surface area contributed by atoms with Crippen molar-refractivity contribution in [2.24, 2.45) is 0 Å². The van der Waals surface area contributed by atoms with E-state index in [1.54, 1.807) is 6.07 Å². The summed E-state index contributed by atoms with van der Waals surface area (Å²) in [7, 11) is 1.33. The normalized spacial score (nSPS) is 10.1. The summed E-state index contributed by atoms with van der Waals surface area (Å²) in [5, 5.41) is 6.62. The Morgan fingerprint density at radius 1 is 1.38 bits per heavy atom. The van der Waals surface area contributed by atoms with E-state index < -0.39 is 5.97 Å². The van der Waals surface area contributed by atoms with Crippen molar-refractivity contribution in [1.82, 2.24) is 15.2 Å². The molecule has 2 aromatic heterocycles. The summed E-state index contributed by atoms with van der Waals surface area (Å²) in [6.07, 6.45) is 0. The maximum atomic E-state index is 11.2. The molecule has 0 spiro atoms. The van der Waals surface area contributed by atoms with Gasteiger partial charge in [-0.25, -0.2) is 4.79 Å². The fraction of sp³-hybridized carbons (Fsp3) is 0.182. The summed E-state index contributed by atoms with van der Waals surface area (Å²) in [5.41, 5.74) is 2.58. The summed E-state index contributed by atoms with van der Waals surface area (Å²) >= 11 is 0. The number of hydrogen-bond donors (Lipinski definition) is 1. The van der Waals surface area contributed by atoms with Crippen molar-refractivity contribution in [1.29, 1.82) is 0 Å². The second kappa shape index (κ2) is 4.14. The van der Waals surface area contributed by atoms with Gasteiger partial charge in [0.2, 0.25) is 0 Å². The highest BCUT2D eigenvalue weighted by atomic mass is 16.5. The number of hydrogen-bond acceptors (Lipinski definition) is 4. The Bertz CT molecular complexity index is 519. The lowest BCUT2D eigenvalue weighted by atomic mass is 10.2. The van der Waals surface area contributed by atoms with Gasteiger partial charge in [-0.1, -0.05) is 6.07 Å². The van der Waals surface area contributed by atoms with E-state index >= 15 is 0 Å². The second-order valence-electron chi connectivity index (χ2n) is 3.32. The number of H-pyrrole nitrogens is 1. The molecule has 2 heterocycles. The van der Waals surface area contributed by atoms with E-state index in [2.05, 4.69) is 19.9 Å². The van der Waals surface area contributed by atoms with Crippen LogP contribution in [-0.4, -0.2) is 28.3 Å². The predicted molar refractivity (Wildman–Crippen MR) is 57.9 cm³/mol. The van der Waals surface area contributed by atoms with Crippen LogP contribution < -0.4 is 0 Å². The zero-order valence-corrected chi connectivity index (χ0v) is 9.02. The first-order chi connectivity index (χ1) is 7.70. The van der Waals surface area contributed by atoms with Gasteiger partial charge in [0.25, 0.3) is 0 Å². The Hall–Kier alpha value is -2.17. The van der Waals surface area contributed by atoms with E-state index in [9.17, 15) is 4.79 Å². The van der Waals surface area contributed by atoms with Crippen LogP contribution in [0.5, 0.6) is 0 Å². The zero-order valence-electron chi connectivity index (χ0n) is 9.02. The Morgan fingerprint density at radius 3 is 2.88 bits per heavy atom. The number of nitrogens with zero attached hydrogens (tertiary/aromatic N) is 2. The standard InChI is InChI=1S/C11H11N3O2/c1-7-4-3-5-8(12-7)9-6-10(14-13-9)11(15)16-2/h3-6H,1-2H3,(H,13,14). The molecule has 0 atom stereocenters. The third kappa shape index (κ3) is 1.93. The molecule has 0 saturated heterocycles. The first-order valence-corrected chi connectivity index (χ1v) is 4.78. The predicted octanol–water partition coefficient (Wildman–Crippen LogP) is 1.57. The lowest BCUT2D eigenvalue weighted by Gasteiger charge is -1.96. The van der Waals surface area contributed by atoms with Crippen LogP contribution in [0.15, 0.2) is 24.3 Å². The van der Waals surface area contributed by atoms with Gasteiger partial charge in [-0.15, -0.1) is 0 Å². The van der Waals surface area contributed by atoms with Crippen LogP contribution in [0.25, 0.3) is 11.4 Å². The van der Waals surface area contributed by atoms with Crippen molar-refractivity contribution in [2.75, 3.05) is 7.11 Å². The Morgan fingerprint density at radius 2 is 2.19 bits per heavy atom. The van der Waals surface area contributed by atoms with Gasteiger partial charge in [0.1, 0.15) is 11.4 Å². The summed E-state index contributed by atoms with van der Waals surface area (Å²) in [6, 6.07) is 7.25. The largest absolute Gasteiger partial charge is 0.464 e. The quantitative estimate of drug-likeness (QED) is 0.775. The van der Waals surface area contributed by atoms with Crippen molar-refractivity contribution in [3.8, 4) is 11.4 Å². The molecule has 0 saturated carbocycles. The van der Waals surface area contributed by atoms with Gasteiger partial charge >= 0.3 is 5.97 Å². The maximum Gasteiger partial charge on any atom is 0.356 e. The van der Waals surface area contributed by atoms with Crippen molar-refractivity contribution >= 4 is 5.97 Å². The van der Waals surface area contributed by atoms with Crippen LogP contribution in [0.2, 0.25) is 0 Å². The highest BCUT2D eigenvalue weighted by Gasteiger charge is 2.11. The van der Waals surface area contributed by atoms with Gasteiger partial charge in [0, 0.05) is 11.8 Å². The van der Waals surface area contributed by atoms with Crippen LogP contribution in [0.4, 0.5) is 0 Å². The van der Waals surface area contributed by atoms with Crippen LogP contribution in [0.1, 0.15) is 16.2 Å². The minimum Gasteiger partial charge on any atom is -0.464 e. The molecule has 0 aliphatic rings. The number of aromatic amines is 1. The third-order valence-electron chi connectivity index (χ3n) is 2.13. The molecule has 0 unspecified atom stereocenters. The lowest BCUT2D eigenvalue weighted by molar-refractivity contribution is 0.0594. The number of carbonyl (C=O) groups excluding carboxylic acids is 1. The molecule has 16 heavy (non-hydrogen) atoms. The summed E-state index contributed by atoms with van der Waals surface area (Å²) in [6.45, 7) is 1.90. The highest BCUT2D eigenvalue weighted by molar-refractivity contribution is 5.88. The molecule has 0 bridgehead atoms. The summed E-state index contributed by atoms with van der Waals surface area (Å²) < 4.78 is 4.58. The SMILES string of the molecule is COC(=O)c1cc(-c2cccc(C)n2)n[nH]1. The van der Waals surface area contributed by atoms with Crippen molar-refractivity contribution in [3.63, 3.8) is 0 Å². The third-order valence-corrected chi connectivity index (χ3v) is 2.13. The number of aromatic nitrogens is 3.